The minimum absolute atomic E-state index is 0.0470. The molecule has 0 amide bonds. The average Bonchev–Trinajstić information content (AvgIpc) is 3.59. The number of allylic oxidation sites excluding steroid dienone is 1. The molecule has 6 nitrogen and oxygen atoms in total. The summed E-state index contributed by atoms with van der Waals surface area (Å²) < 4.78 is 0. The van der Waals surface area contributed by atoms with E-state index in [9.17, 15) is 0 Å². The fraction of sp³-hybridized carbons (Fsp3) is 0.125. The predicted molar refractivity (Wildman–Crippen MR) is 175 cm³/mol. The monoisotopic (exact) mass is 634 g/mol. The van der Waals surface area contributed by atoms with Crippen molar-refractivity contribution in [3.8, 4) is 0 Å². The third-order valence-electron chi connectivity index (χ3n) is 7.24. The van der Waals surface area contributed by atoms with Crippen molar-refractivity contribution in [2.75, 3.05) is 4.90 Å². The lowest BCUT2D eigenvalue weighted by atomic mass is 9.84. The van der Waals surface area contributed by atoms with Gasteiger partial charge in [-0.05, 0) is 60.5 Å². The highest BCUT2D eigenvalue weighted by molar-refractivity contribution is 6.40. The number of nitrogens with two attached hydrogens (primary N) is 1. The average molecular weight is 636 g/mol. The zero-order chi connectivity index (χ0) is 29.6. The molecule has 0 aliphatic carbocycles. The maximum absolute atomic E-state index is 7.08. The molecule has 0 aliphatic rings. The van der Waals surface area contributed by atoms with Crippen molar-refractivity contribution in [2.24, 2.45) is 11.7 Å². The topological polar surface area (TPSA) is 86.6 Å². The highest BCUT2D eigenvalue weighted by Crippen LogP contribution is 2.52. The van der Waals surface area contributed by atoms with Crippen LogP contribution in [0.15, 0.2) is 96.7 Å². The number of benzene rings is 4. The van der Waals surface area contributed by atoms with Crippen LogP contribution >= 0.6 is 46.4 Å². The lowest BCUT2D eigenvalue weighted by molar-refractivity contribution is 0.589. The Morgan fingerprint density at radius 2 is 1.26 bits per heavy atom. The van der Waals surface area contributed by atoms with Crippen LogP contribution in [0.1, 0.15) is 25.2 Å². The second kappa shape index (κ2) is 11.2. The Balaban J connectivity index is 1.86. The molecule has 42 heavy (non-hydrogen) atoms. The van der Waals surface area contributed by atoms with Gasteiger partial charge in [0.25, 0.3) is 0 Å². The normalized spacial score (nSPS) is 13.6. The maximum atomic E-state index is 7.08. The van der Waals surface area contributed by atoms with Crippen LogP contribution in [0, 0.1) is 5.92 Å². The SMILES string of the molecule is CC(C)C(N)=CC(c1nc2ccccc2[nH]1)(c1c(Cl)cccc1Cl)N(c1nc2ccccc2[nH]1)c1c(Cl)cccc1Cl. The number of hydrogen-bond acceptors (Lipinski definition) is 4. The number of imidazole rings is 2. The first-order chi connectivity index (χ1) is 20.2. The zero-order valence-corrected chi connectivity index (χ0v) is 25.7. The first-order valence-electron chi connectivity index (χ1n) is 13.3. The number of nitrogens with zero attached hydrogens (tertiary/aromatic N) is 3. The number of para-hydroxylation sites is 5. The molecular formula is C32H26Cl4N6. The van der Waals surface area contributed by atoms with Gasteiger partial charge >= 0.3 is 0 Å². The van der Waals surface area contributed by atoms with Crippen LogP contribution in [-0.2, 0) is 5.54 Å². The molecule has 4 aromatic carbocycles. The maximum Gasteiger partial charge on any atom is 0.209 e. The first-order valence-corrected chi connectivity index (χ1v) is 14.8. The molecular weight excluding hydrogens is 610 g/mol. The Morgan fingerprint density at radius 3 is 1.81 bits per heavy atom. The summed E-state index contributed by atoms with van der Waals surface area (Å²) in [6.45, 7) is 4.02. The van der Waals surface area contributed by atoms with Crippen molar-refractivity contribution in [3.05, 3.63) is 128 Å². The Bertz CT molecular complexity index is 1850. The van der Waals surface area contributed by atoms with Crippen LogP contribution in [-0.4, -0.2) is 19.9 Å². The lowest BCUT2D eigenvalue weighted by Gasteiger charge is -2.43. The van der Waals surface area contributed by atoms with Gasteiger partial charge in [0.15, 0.2) is 5.54 Å². The van der Waals surface area contributed by atoms with Gasteiger partial charge in [-0.2, -0.15) is 0 Å². The number of hydrogen-bond donors (Lipinski definition) is 3. The van der Waals surface area contributed by atoms with E-state index in [4.69, 9.17) is 62.1 Å². The lowest BCUT2D eigenvalue weighted by Crippen LogP contribution is -2.46. The summed E-state index contributed by atoms with van der Waals surface area (Å²) in [5, 5.41) is 1.53. The summed E-state index contributed by atoms with van der Waals surface area (Å²) in [7, 11) is 0. The molecule has 2 heterocycles. The van der Waals surface area contributed by atoms with Crippen molar-refractivity contribution >= 4 is 80.1 Å². The molecule has 0 bridgehead atoms. The van der Waals surface area contributed by atoms with Gasteiger partial charge < -0.3 is 15.7 Å². The van der Waals surface area contributed by atoms with Gasteiger partial charge in [-0.1, -0.05) is 96.6 Å². The van der Waals surface area contributed by atoms with E-state index in [1.165, 1.54) is 0 Å². The molecule has 0 radical (unpaired) electrons. The molecule has 0 saturated carbocycles. The molecule has 0 saturated heterocycles. The van der Waals surface area contributed by atoms with Gasteiger partial charge in [-0.3, -0.25) is 4.90 Å². The molecule has 0 fully saturated rings. The van der Waals surface area contributed by atoms with Gasteiger partial charge in [-0.15, -0.1) is 0 Å². The van der Waals surface area contributed by atoms with E-state index in [1.54, 1.807) is 36.4 Å². The first kappa shape index (κ1) is 28.4. The minimum Gasteiger partial charge on any atom is -0.402 e. The number of anilines is 2. The summed E-state index contributed by atoms with van der Waals surface area (Å²) in [5.74, 6) is 0.864. The summed E-state index contributed by atoms with van der Waals surface area (Å²) in [4.78, 5) is 19.0. The number of H-pyrrole nitrogens is 2. The van der Waals surface area contributed by atoms with E-state index in [-0.39, 0.29) is 5.92 Å². The van der Waals surface area contributed by atoms with E-state index < -0.39 is 5.54 Å². The fourth-order valence-electron chi connectivity index (χ4n) is 5.14. The van der Waals surface area contributed by atoms with Gasteiger partial charge in [-0.25, -0.2) is 9.97 Å². The predicted octanol–water partition coefficient (Wildman–Crippen LogP) is 9.63. The Labute approximate surface area is 263 Å². The summed E-state index contributed by atoms with van der Waals surface area (Å²) in [6.07, 6.45) is 1.91. The number of halogens is 4. The highest BCUT2D eigenvalue weighted by atomic mass is 35.5. The van der Waals surface area contributed by atoms with E-state index in [0.29, 0.717) is 48.8 Å². The third kappa shape index (κ3) is 4.78. The largest absolute Gasteiger partial charge is 0.402 e. The van der Waals surface area contributed by atoms with Crippen molar-refractivity contribution in [1.29, 1.82) is 0 Å². The second-order valence-electron chi connectivity index (χ2n) is 10.2. The Kier molecular flexibility index (Phi) is 7.58. The van der Waals surface area contributed by atoms with E-state index in [0.717, 1.165) is 22.1 Å². The van der Waals surface area contributed by atoms with Crippen LogP contribution in [0.4, 0.5) is 11.6 Å². The van der Waals surface area contributed by atoms with E-state index in [2.05, 4.69) is 9.97 Å². The number of aromatic nitrogens is 4. The van der Waals surface area contributed by atoms with Crippen LogP contribution < -0.4 is 10.6 Å². The third-order valence-corrected chi connectivity index (χ3v) is 8.48. The van der Waals surface area contributed by atoms with Crippen LogP contribution in [0.25, 0.3) is 22.1 Å². The summed E-state index contributed by atoms with van der Waals surface area (Å²) in [6, 6.07) is 26.2. The smallest absolute Gasteiger partial charge is 0.209 e. The molecule has 0 aliphatic heterocycles. The molecule has 4 N–H and O–H groups in total. The Morgan fingerprint density at radius 1 is 0.738 bits per heavy atom. The zero-order valence-electron chi connectivity index (χ0n) is 22.7. The number of rotatable bonds is 7. The summed E-state index contributed by atoms with van der Waals surface area (Å²) >= 11 is 28.2. The number of fused-ring (bicyclic) bond motifs is 2. The molecule has 2 aromatic heterocycles. The van der Waals surface area contributed by atoms with Crippen LogP contribution in [0.5, 0.6) is 0 Å². The quantitative estimate of drug-likeness (QED) is 0.163. The summed E-state index contributed by atoms with van der Waals surface area (Å²) in [5.41, 5.74) is 10.1. The standard InChI is InChI=1S/C32H26Cl4N6/c1-18(2)23(37)17-32(28-19(33)9-7-10-20(28)34,30-38-24-13-3-4-14-25(24)39-30)42(29-21(35)11-8-12-22(29)36)31-40-26-15-5-6-16-27(26)41-31/h3-18H,37H2,1-2H3,(H,38,39)(H,40,41). The van der Waals surface area contributed by atoms with E-state index >= 15 is 0 Å². The van der Waals surface area contributed by atoms with Gasteiger partial charge in [0.2, 0.25) is 5.95 Å². The highest BCUT2D eigenvalue weighted by Gasteiger charge is 2.48. The molecule has 0 spiro atoms. The van der Waals surface area contributed by atoms with E-state index in [1.807, 2.05) is 73.4 Å². The molecule has 1 atom stereocenters. The molecule has 6 rings (SSSR count). The van der Waals surface area contributed by atoms with Gasteiger partial charge in [0, 0.05) is 21.3 Å². The molecule has 212 valence electrons. The number of nitrogens with one attached hydrogen (secondary N) is 2. The Hall–Kier alpha value is -3.68. The van der Waals surface area contributed by atoms with Crippen molar-refractivity contribution in [2.45, 2.75) is 19.4 Å². The fourth-order valence-corrected chi connectivity index (χ4v) is 6.39. The van der Waals surface area contributed by atoms with Crippen molar-refractivity contribution in [1.82, 2.24) is 19.9 Å². The number of aromatic amines is 2. The van der Waals surface area contributed by atoms with Gasteiger partial charge in [0.05, 0.1) is 37.8 Å². The van der Waals surface area contributed by atoms with Crippen molar-refractivity contribution in [3.63, 3.8) is 0 Å². The molecule has 6 aromatic rings. The van der Waals surface area contributed by atoms with Gasteiger partial charge in [0.1, 0.15) is 5.82 Å². The minimum atomic E-state index is -1.43. The second-order valence-corrected chi connectivity index (χ2v) is 11.9. The van der Waals surface area contributed by atoms with Crippen LogP contribution in [0.3, 0.4) is 0 Å². The molecule has 1 unspecified atom stereocenters. The van der Waals surface area contributed by atoms with Crippen LogP contribution in [0.2, 0.25) is 20.1 Å². The van der Waals surface area contributed by atoms with Crippen molar-refractivity contribution < 1.29 is 0 Å². The molecule has 10 heteroatoms.